The van der Waals surface area contributed by atoms with Crippen molar-refractivity contribution in [3.8, 4) is 34.4 Å². The van der Waals surface area contributed by atoms with Crippen LogP contribution in [-0.2, 0) is 48.7 Å². The Morgan fingerprint density at radius 3 is 1.22 bits per heavy atom. The molecule has 2 atom stereocenters. The zero-order valence-electron chi connectivity index (χ0n) is 40.2. The van der Waals surface area contributed by atoms with Crippen LogP contribution in [0.1, 0.15) is 101 Å². The van der Waals surface area contributed by atoms with Gasteiger partial charge in [-0.15, -0.1) is 0 Å². The minimum Gasteiger partial charge on any atom is -0.489 e. The highest BCUT2D eigenvalue weighted by Crippen LogP contribution is 2.30. The predicted octanol–water partition coefficient (Wildman–Crippen LogP) is 12.9. The molecule has 12 nitrogen and oxygen atoms in total. The second-order valence-electron chi connectivity index (χ2n) is 17.1. The highest BCUT2D eigenvalue weighted by Gasteiger charge is 2.27. The number of fused-ring (bicyclic) bond motifs is 2. The number of unbranched alkanes of at least 4 members (excludes halogenated alkanes) is 2. The molecular formula is C54H66Cl2N4O8. The van der Waals surface area contributed by atoms with Gasteiger partial charge >= 0.3 is 11.9 Å². The van der Waals surface area contributed by atoms with Crippen LogP contribution in [0.5, 0.6) is 11.5 Å². The van der Waals surface area contributed by atoms with Crippen LogP contribution in [-0.4, -0.2) is 68.1 Å². The first-order valence-corrected chi connectivity index (χ1v) is 24.4. The lowest BCUT2D eigenvalue weighted by atomic mass is 10.1. The van der Waals surface area contributed by atoms with Crippen molar-refractivity contribution in [1.29, 1.82) is 0 Å². The Labute approximate surface area is 411 Å². The summed E-state index contributed by atoms with van der Waals surface area (Å²) >= 11 is 11.8. The molecule has 0 radical (unpaired) electrons. The van der Waals surface area contributed by atoms with Crippen LogP contribution in [0.15, 0.2) is 106 Å². The normalized spacial score (nSPS) is 14.0. The summed E-state index contributed by atoms with van der Waals surface area (Å²) in [5.41, 5.74) is 5.63. The molecule has 0 fully saturated rings. The van der Waals surface area contributed by atoms with Crippen molar-refractivity contribution in [3.63, 3.8) is 0 Å². The van der Waals surface area contributed by atoms with E-state index < -0.39 is 23.8 Å². The Hall–Kier alpha value is -5.66. The molecule has 4 aromatic carbocycles. The van der Waals surface area contributed by atoms with Crippen molar-refractivity contribution in [1.82, 2.24) is 19.8 Å². The monoisotopic (exact) mass is 968 g/mol. The smallest absolute Gasteiger partial charge is 0.307 e. The minimum atomic E-state index is -0.778. The molecule has 2 aliphatic heterocycles. The molecule has 0 saturated carbocycles. The maximum absolute atomic E-state index is 11.1. The number of benzene rings is 4. The van der Waals surface area contributed by atoms with Gasteiger partial charge in [-0.2, -0.15) is 0 Å². The third-order valence-corrected chi connectivity index (χ3v) is 11.9. The first-order valence-electron chi connectivity index (χ1n) is 23.6. The van der Waals surface area contributed by atoms with Crippen LogP contribution in [0.3, 0.4) is 0 Å². The van der Waals surface area contributed by atoms with Crippen LogP contribution in [0.4, 0.5) is 0 Å². The number of hydrogen-bond acceptors (Lipinski definition) is 10. The predicted molar refractivity (Wildman–Crippen MR) is 268 cm³/mol. The zero-order valence-corrected chi connectivity index (χ0v) is 41.7. The minimum absolute atomic E-state index is 0.404. The summed E-state index contributed by atoms with van der Waals surface area (Å²) in [4.78, 5) is 35.7. The number of hydrogen-bond donors (Lipinski definition) is 2. The van der Waals surface area contributed by atoms with Crippen LogP contribution >= 0.6 is 23.2 Å². The summed E-state index contributed by atoms with van der Waals surface area (Å²) in [7, 11) is 0. The average molecular weight is 970 g/mol. The van der Waals surface area contributed by atoms with E-state index in [4.69, 9.17) is 51.7 Å². The maximum atomic E-state index is 11.1. The molecule has 364 valence electrons. The summed E-state index contributed by atoms with van der Waals surface area (Å²) in [6.07, 6.45) is 6.74. The van der Waals surface area contributed by atoms with Gasteiger partial charge in [-0.05, 0) is 83.9 Å². The van der Waals surface area contributed by atoms with Crippen LogP contribution < -0.4 is 9.47 Å². The number of carbonyl (C=O) groups is 2. The van der Waals surface area contributed by atoms with Crippen molar-refractivity contribution < 1.29 is 38.1 Å². The third kappa shape index (κ3) is 16.8. The number of carboxylic acids is 2. The third-order valence-electron chi connectivity index (χ3n) is 11.4. The SMILES string of the molecule is CC(CN1CCc2oc(-c3ccc(OCc4ccc(Cl)cc4)cc3)nc2C1)C(=O)O.CC(CN1CCc2oc(-c3ccc(OCc4ccc(Cl)cc4)cc3)nc2C1)C(=O)O.CCCC.CCCC. The molecule has 68 heavy (non-hydrogen) atoms. The van der Waals surface area contributed by atoms with E-state index in [1.54, 1.807) is 13.8 Å². The maximum Gasteiger partial charge on any atom is 0.307 e. The quantitative estimate of drug-likeness (QED) is 0.0950. The van der Waals surface area contributed by atoms with Crippen LogP contribution in [0.2, 0.25) is 10.0 Å². The van der Waals surface area contributed by atoms with E-state index in [0.717, 1.165) is 82.6 Å². The van der Waals surface area contributed by atoms with Crippen molar-refractivity contribution in [2.24, 2.45) is 11.8 Å². The fourth-order valence-electron chi connectivity index (χ4n) is 6.88. The molecule has 8 rings (SSSR count). The summed E-state index contributed by atoms with van der Waals surface area (Å²) < 4.78 is 23.6. The second kappa shape index (κ2) is 27.4. The van der Waals surface area contributed by atoms with E-state index in [1.807, 2.05) is 97.1 Å². The van der Waals surface area contributed by atoms with Crippen molar-refractivity contribution in [3.05, 3.63) is 141 Å². The number of ether oxygens (including phenoxy) is 2. The van der Waals surface area contributed by atoms with Gasteiger partial charge in [0.25, 0.3) is 0 Å². The molecule has 0 saturated heterocycles. The van der Waals surface area contributed by atoms with Gasteiger partial charge in [0.15, 0.2) is 0 Å². The van der Waals surface area contributed by atoms with E-state index in [2.05, 4.69) is 47.5 Å². The van der Waals surface area contributed by atoms with E-state index >= 15 is 0 Å². The number of aromatic nitrogens is 2. The summed E-state index contributed by atoms with van der Waals surface area (Å²) in [6.45, 7) is 16.9. The summed E-state index contributed by atoms with van der Waals surface area (Å²) in [5, 5.41) is 19.7. The fourth-order valence-corrected chi connectivity index (χ4v) is 7.13. The lowest BCUT2D eigenvalue weighted by Crippen LogP contribution is -2.35. The zero-order chi connectivity index (χ0) is 49.0. The van der Waals surface area contributed by atoms with Crippen molar-refractivity contribution >= 4 is 35.1 Å². The summed E-state index contributed by atoms with van der Waals surface area (Å²) in [6, 6.07) is 30.4. The van der Waals surface area contributed by atoms with Crippen molar-refractivity contribution in [2.75, 3.05) is 26.2 Å². The number of carboxylic acid groups (broad SMARTS) is 2. The molecule has 2 unspecified atom stereocenters. The van der Waals surface area contributed by atoms with Gasteiger partial charge in [0.05, 0.1) is 23.2 Å². The molecule has 4 heterocycles. The van der Waals surface area contributed by atoms with E-state index in [1.165, 1.54) is 25.7 Å². The lowest BCUT2D eigenvalue weighted by molar-refractivity contribution is -0.142. The average Bonchev–Trinajstić information content (AvgIpc) is 3.99. The lowest BCUT2D eigenvalue weighted by Gasteiger charge is -2.26. The molecule has 0 bridgehead atoms. The Bertz CT molecular complexity index is 2260. The van der Waals surface area contributed by atoms with E-state index in [9.17, 15) is 9.59 Å². The Balaban J connectivity index is 0.000000220. The van der Waals surface area contributed by atoms with E-state index in [-0.39, 0.29) is 0 Å². The van der Waals surface area contributed by atoms with Gasteiger partial charge in [0.1, 0.15) is 36.2 Å². The Morgan fingerprint density at radius 2 is 0.912 bits per heavy atom. The molecule has 2 aliphatic rings. The Morgan fingerprint density at radius 1 is 0.574 bits per heavy atom. The molecule has 0 amide bonds. The topological polar surface area (TPSA) is 152 Å². The first kappa shape index (κ1) is 53.3. The number of oxazole rings is 2. The molecule has 6 aromatic rings. The van der Waals surface area contributed by atoms with Gasteiger partial charge < -0.3 is 28.5 Å². The largest absolute Gasteiger partial charge is 0.489 e. The molecule has 2 aromatic heterocycles. The molecule has 2 N–H and O–H groups in total. The molecule has 0 spiro atoms. The van der Waals surface area contributed by atoms with Gasteiger partial charge in [-0.1, -0.05) is 115 Å². The highest BCUT2D eigenvalue weighted by molar-refractivity contribution is 6.30. The van der Waals surface area contributed by atoms with Gasteiger partial charge in [-0.3, -0.25) is 19.4 Å². The molecule has 14 heteroatoms. The van der Waals surface area contributed by atoms with Crippen molar-refractivity contribution in [2.45, 2.75) is 106 Å². The highest BCUT2D eigenvalue weighted by atomic mass is 35.5. The Kier molecular flexibility index (Phi) is 21.4. The molecular weight excluding hydrogens is 904 g/mol. The van der Waals surface area contributed by atoms with E-state index in [0.29, 0.717) is 61.2 Å². The number of nitrogens with zero attached hydrogens (tertiary/aromatic N) is 4. The second-order valence-corrected chi connectivity index (χ2v) is 18.0. The fraction of sp³-hybridized carbons (Fsp3) is 0.407. The molecule has 0 aliphatic carbocycles. The van der Waals surface area contributed by atoms with Gasteiger partial charge in [-0.25, -0.2) is 9.97 Å². The number of halogens is 2. The summed E-state index contributed by atoms with van der Waals surface area (Å²) in [5.74, 6) is 2.09. The van der Waals surface area contributed by atoms with Gasteiger partial charge in [0, 0.05) is 73.3 Å². The van der Waals surface area contributed by atoms with Crippen LogP contribution in [0, 0.1) is 11.8 Å². The standard InChI is InChI=1S/2C23H23ClN2O4.2C4H10/c2*1-15(23(27)28)12-26-11-10-21-20(13-26)25-22(30-21)17-4-8-19(9-5-17)29-14-16-2-6-18(24)7-3-16;2*1-3-4-2/h2*2-9,15H,10-14H2,1H3,(H,27,28);2*3-4H2,1-2H3. The van der Waals surface area contributed by atoms with Crippen LogP contribution in [0.25, 0.3) is 22.9 Å². The first-order chi connectivity index (χ1) is 32.8. The number of rotatable bonds is 16. The number of aliphatic carboxylic acids is 2. The van der Waals surface area contributed by atoms with Gasteiger partial charge in [0.2, 0.25) is 11.8 Å².